The van der Waals surface area contributed by atoms with Gasteiger partial charge in [-0.3, -0.25) is 0 Å². The highest BCUT2D eigenvalue weighted by Gasteiger charge is 2.20. The molecule has 1 aromatic rings. The molecule has 0 aliphatic carbocycles. The fourth-order valence-electron chi connectivity index (χ4n) is 2.43. The van der Waals surface area contributed by atoms with Crippen molar-refractivity contribution in [3.05, 3.63) is 33.0 Å². The van der Waals surface area contributed by atoms with E-state index in [-0.39, 0.29) is 5.82 Å². The third kappa shape index (κ3) is 2.16. The molecule has 16 heavy (non-hydrogen) atoms. The molecule has 1 aromatic carbocycles. The lowest BCUT2D eigenvalue weighted by Crippen LogP contribution is -2.27. The van der Waals surface area contributed by atoms with E-state index in [0.29, 0.717) is 10.4 Å². The number of piperidine rings is 1. The highest BCUT2D eigenvalue weighted by molar-refractivity contribution is 9.10. The van der Waals surface area contributed by atoms with Crippen LogP contribution in [0.5, 0.6) is 0 Å². The molecule has 0 bridgehead atoms. The summed E-state index contributed by atoms with van der Waals surface area (Å²) in [5.41, 5.74) is 3.00. The van der Waals surface area contributed by atoms with Crippen molar-refractivity contribution in [1.29, 1.82) is 0 Å². The summed E-state index contributed by atoms with van der Waals surface area (Å²) < 4.78 is 14.6. The van der Waals surface area contributed by atoms with Crippen molar-refractivity contribution in [2.24, 2.45) is 0 Å². The topological polar surface area (TPSA) is 12.0 Å². The van der Waals surface area contributed by atoms with E-state index >= 15 is 0 Å². The SMILES string of the molecule is Cc1cc(C2CCNCC2)c(C)c(F)c1Br. The van der Waals surface area contributed by atoms with Gasteiger partial charge in [0.2, 0.25) is 0 Å². The molecule has 0 spiro atoms. The van der Waals surface area contributed by atoms with Gasteiger partial charge in [0, 0.05) is 0 Å². The minimum atomic E-state index is -0.0893. The standard InChI is InChI=1S/C13H17BrFN/c1-8-7-11(9(2)13(15)12(8)14)10-3-5-16-6-4-10/h7,10,16H,3-6H2,1-2H3. The Labute approximate surface area is 105 Å². The van der Waals surface area contributed by atoms with Gasteiger partial charge >= 0.3 is 0 Å². The Morgan fingerprint density at radius 1 is 1.31 bits per heavy atom. The molecule has 1 aliphatic rings. The first kappa shape index (κ1) is 12.1. The van der Waals surface area contributed by atoms with Crippen LogP contribution in [0.25, 0.3) is 0 Å². The summed E-state index contributed by atoms with van der Waals surface area (Å²) in [5, 5.41) is 3.34. The largest absolute Gasteiger partial charge is 0.317 e. The summed E-state index contributed by atoms with van der Waals surface area (Å²) in [4.78, 5) is 0. The monoisotopic (exact) mass is 285 g/mol. The zero-order valence-corrected chi connectivity index (χ0v) is 11.3. The molecular weight excluding hydrogens is 269 g/mol. The highest BCUT2D eigenvalue weighted by atomic mass is 79.9. The minimum Gasteiger partial charge on any atom is -0.317 e. The lowest BCUT2D eigenvalue weighted by atomic mass is 9.86. The molecule has 1 fully saturated rings. The summed E-state index contributed by atoms with van der Waals surface area (Å²) >= 11 is 3.30. The maximum atomic E-state index is 13.9. The molecular formula is C13H17BrFN. The second kappa shape index (κ2) is 4.84. The van der Waals surface area contributed by atoms with Gasteiger partial charge in [-0.1, -0.05) is 6.07 Å². The smallest absolute Gasteiger partial charge is 0.140 e. The number of aryl methyl sites for hydroxylation is 1. The first-order valence-electron chi connectivity index (χ1n) is 5.77. The first-order chi connectivity index (χ1) is 7.61. The molecule has 0 radical (unpaired) electrons. The van der Waals surface area contributed by atoms with Crippen molar-refractivity contribution in [1.82, 2.24) is 5.32 Å². The van der Waals surface area contributed by atoms with Gasteiger partial charge < -0.3 is 5.32 Å². The van der Waals surface area contributed by atoms with E-state index in [2.05, 4.69) is 27.3 Å². The second-order valence-electron chi connectivity index (χ2n) is 4.56. The summed E-state index contributed by atoms with van der Waals surface area (Å²) in [5.74, 6) is 0.427. The number of hydrogen-bond donors (Lipinski definition) is 1. The third-order valence-corrected chi connectivity index (χ3v) is 4.43. The van der Waals surface area contributed by atoms with Crippen LogP contribution in [-0.2, 0) is 0 Å². The van der Waals surface area contributed by atoms with Gasteiger partial charge in [-0.2, -0.15) is 0 Å². The summed E-state index contributed by atoms with van der Waals surface area (Å²) in [6.07, 6.45) is 2.22. The predicted octanol–water partition coefficient (Wildman–Crippen LogP) is 3.67. The molecule has 1 N–H and O–H groups in total. The Kier molecular flexibility index (Phi) is 3.65. The van der Waals surface area contributed by atoms with Gasteiger partial charge in [-0.25, -0.2) is 4.39 Å². The Morgan fingerprint density at radius 3 is 2.56 bits per heavy atom. The van der Waals surface area contributed by atoms with E-state index in [1.54, 1.807) is 0 Å². The summed E-state index contributed by atoms with van der Waals surface area (Å²) in [6, 6.07) is 2.14. The zero-order valence-electron chi connectivity index (χ0n) is 9.74. The lowest BCUT2D eigenvalue weighted by molar-refractivity contribution is 0.456. The fourth-order valence-corrected chi connectivity index (χ4v) is 2.84. The number of nitrogens with one attached hydrogen (secondary N) is 1. The van der Waals surface area contributed by atoms with Crippen molar-refractivity contribution < 1.29 is 4.39 Å². The summed E-state index contributed by atoms with van der Waals surface area (Å²) in [7, 11) is 0. The number of rotatable bonds is 1. The molecule has 1 nitrogen and oxygen atoms in total. The fraction of sp³-hybridized carbons (Fsp3) is 0.538. The maximum Gasteiger partial charge on any atom is 0.140 e. The molecule has 3 heteroatoms. The van der Waals surface area contributed by atoms with E-state index in [1.165, 1.54) is 5.56 Å². The van der Waals surface area contributed by atoms with E-state index in [0.717, 1.165) is 37.1 Å². The van der Waals surface area contributed by atoms with Gasteiger partial charge in [-0.15, -0.1) is 0 Å². The molecule has 1 aliphatic heterocycles. The van der Waals surface area contributed by atoms with Crippen LogP contribution in [-0.4, -0.2) is 13.1 Å². The first-order valence-corrected chi connectivity index (χ1v) is 6.56. The Balaban J connectivity index is 2.40. The minimum absolute atomic E-state index is 0.0893. The second-order valence-corrected chi connectivity index (χ2v) is 5.35. The van der Waals surface area contributed by atoms with E-state index in [9.17, 15) is 4.39 Å². The zero-order chi connectivity index (χ0) is 11.7. The van der Waals surface area contributed by atoms with Crippen LogP contribution >= 0.6 is 15.9 Å². The average molecular weight is 286 g/mol. The molecule has 0 atom stereocenters. The van der Waals surface area contributed by atoms with Crippen LogP contribution in [0, 0.1) is 19.7 Å². The Morgan fingerprint density at radius 2 is 1.94 bits per heavy atom. The van der Waals surface area contributed by atoms with Crippen molar-refractivity contribution in [3.8, 4) is 0 Å². The molecule has 0 aromatic heterocycles. The normalized spacial score (nSPS) is 17.8. The molecule has 0 unspecified atom stereocenters. The Hall–Kier alpha value is -0.410. The third-order valence-electron chi connectivity index (χ3n) is 3.45. The van der Waals surface area contributed by atoms with Gasteiger partial charge in [0.1, 0.15) is 5.82 Å². The van der Waals surface area contributed by atoms with Crippen LogP contribution in [0.4, 0.5) is 4.39 Å². The molecule has 0 amide bonds. The van der Waals surface area contributed by atoms with Gasteiger partial charge in [0.05, 0.1) is 4.47 Å². The molecule has 2 rings (SSSR count). The van der Waals surface area contributed by atoms with Crippen LogP contribution in [0.3, 0.4) is 0 Å². The van der Waals surface area contributed by atoms with E-state index < -0.39 is 0 Å². The van der Waals surface area contributed by atoms with Gasteiger partial charge in [0.25, 0.3) is 0 Å². The molecule has 1 saturated heterocycles. The quantitative estimate of drug-likeness (QED) is 0.830. The van der Waals surface area contributed by atoms with Crippen molar-refractivity contribution in [2.75, 3.05) is 13.1 Å². The molecule has 0 saturated carbocycles. The maximum absolute atomic E-state index is 13.9. The Bertz CT molecular complexity index is 397. The van der Waals surface area contributed by atoms with Gasteiger partial charge in [0.15, 0.2) is 0 Å². The molecule has 88 valence electrons. The van der Waals surface area contributed by atoms with Crippen molar-refractivity contribution in [3.63, 3.8) is 0 Å². The van der Waals surface area contributed by atoms with E-state index in [1.807, 2.05) is 13.8 Å². The van der Waals surface area contributed by atoms with Crippen molar-refractivity contribution in [2.45, 2.75) is 32.6 Å². The van der Waals surface area contributed by atoms with Crippen molar-refractivity contribution >= 4 is 15.9 Å². The van der Waals surface area contributed by atoms with Crippen LogP contribution in [0.15, 0.2) is 10.5 Å². The average Bonchev–Trinajstić information content (AvgIpc) is 2.32. The van der Waals surface area contributed by atoms with Crippen LogP contribution in [0.2, 0.25) is 0 Å². The van der Waals surface area contributed by atoms with Crippen LogP contribution < -0.4 is 5.32 Å². The number of benzene rings is 1. The lowest BCUT2D eigenvalue weighted by Gasteiger charge is -2.25. The van der Waals surface area contributed by atoms with E-state index in [4.69, 9.17) is 0 Å². The van der Waals surface area contributed by atoms with Crippen LogP contribution in [0.1, 0.15) is 35.4 Å². The predicted molar refractivity (Wildman–Crippen MR) is 68.4 cm³/mol. The number of hydrogen-bond acceptors (Lipinski definition) is 1. The molecule has 1 heterocycles. The summed E-state index contributed by atoms with van der Waals surface area (Å²) in [6.45, 7) is 5.93. The highest BCUT2D eigenvalue weighted by Crippen LogP contribution is 2.33. The van der Waals surface area contributed by atoms with Gasteiger partial charge in [-0.05, 0) is 78.3 Å². The number of halogens is 2.